The lowest BCUT2D eigenvalue weighted by molar-refractivity contribution is 0.0469. The van der Waals surface area contributed by atoms with E-state index in [-0.39, 0.29) is 17.3 Å². The van der Waals surface area contributed by atoms with Crippen LogP contribution in [0.1, 0.15) is 57.8 Å². The summed E-state index contributed by atoms with van der Waals surface area (Å²) in [5.74, 6) is 0.417. The number of hydrogen-bond donors (Lipinski definition) is 0. The molecule has 0 saturated heterocycles. The molecule has 1 atom stereocenters. The molecule has 26 heavy (non-hydrogen) atoms. The number of rotatable bonds is 6. The van der Waals surface area contributed by atoms with Gasteiger partial charge in [-0.1, -0.05) is 45.9 Å². The molecule has 0 radical (unpaired) electrons. The highest BCUT2D eigenvalue weighted by Crippen LogP contribution is 2.57. The lowest BCUT2D eigenvalue weighted by Gasteiger charge is -2.26. The highest BCUT2D eigenvalue weighted by molar-refractivity contribution is 5.70. The molecule has 0 N–H and O–H groups in total. The average molecular weight is 358 g/mol. The van der Waals surface area contributed by atoms with Gasteiger partial charge in [-0.05, 0) is 59.6 Å². The fraction of sp³-hybridized carbons (Fsp3) is 0.478. The molecule has 0 aromatic heterocycles. The molecule has 1 saturated carbocycles. The first kappa shape index (κ1) is 20.4. The van der Waals surface area contributed by atoms with Crippen LogP contribution in [0.5, 0.6) is 5.75 Å². The predicted octanol–water partition coefficient (Wildman–Crippen LogP) is 6.58. The predicted molar refractivity (Wildman–Crippen MR) is 106 cm³/mol. The van der Waals surface area contributed by atoms with Crippen LogP contribution in [0, 0.1) is 11.2 Å². The fourth-order valence-corrected chi connectivity index (χ4v) is 3.38. The lowest BCUT2D eigenvalue weighted by Crippen LogP contribution is -2.14. The fourth-order valence-electron chi connectivity index (χ4n) is 3.38. The van der Waals surface area contributed by atoms with E-state index in [0.717, 1.165) is 30.4 Å². The van der Waals surface area contributed by atoms with Crippen LogP contribution >= 0.6 is 0 Å². The third-order valence-corrected chi connectivity index (χ3v) is 5.18. The molecule has 2 nitrogen and oxygen atoms in total. The van der Waals surface area contributed by atoms with E-state index in [4.69, 9.17) is 9.47 Å². The van der Waals surface area contributed by atoms with Crippen LogP contribution in [-0.2, 0) is 11.2 Å². The van der Waals surface area contributed by atoms with Gasteiger partial charge in [0, 0.05) is 12.7 Å². The van der Waals surface area contributed by atoms with Crippen molar-refractivity contribution in [1.29, 1.82) is 0 Å². The number of methoxy groups -OCH3 is 2. The largest absolute Gasteiger partial charge is 0.497 e. The van der Waals surface area contributed by atoms with Gasteiger partial charge in [-0.3, -0.25) is 0 Å². The molecule has 0 amide bonds. The molecule has 1 aliphatic carbocycles. The Morgan fingerprint density at radius 2 is 1.73 bits per heavy atom. The van der Waals surface area contributed by atoms with Crippen LogP contribution in [0.4, 0.5) is 4.39 Å². The Labute approximate surface area is 157 Å². The molecular weight excluding hydrogens is 327 g/mol. The Balaban J connectivity index is 0.00000117. The molecular formula is C23H31FO2. The lowest BCUT2D eigenvalue weighted by atomic mass is 9.87. The van der Waals surface area contributed by atoms with Gasteiger partial charge in [-0.15, -0.1) is 0 Å². The smallest absolute Gasteiger partial charge is 0.131 e. The van der Waals surface area contributed by atoms with Gasteiger partial charge in [0.25, 0.3) is 0 Å². The van der Waals surface area contributed by atoms with Crippen LogP contribution < -0.4 is 4.74 Å². The maximum atomic E-state index is 14.5. The zero-order chi connectivity index (χ0) is 19.3. The van der Waals surface area contributed by atoms with E-state index in [0.29, 0.717) is 11.3 Å². The first-order valence-electron chi connectivity index (χ1n) is 9.52. The van der Waals surface area contributed by atoms with E-state index in [9.17, 15) is 4.39 Å². The molecule has 0 spiro atoms. The van der Waals surface area contributed by atoms with Crippen molar-refractivity contribution >= 4 is 0 Å². The summed E-state index contributed by atoms with van der Waals surface area (Å²) in [6, 6.07) is 11.1. The number of halogens is 1. The van der Waals surface area contributed by atoms with Crippen molar-refractivity contribution in [3.05, 3.63) is 53.3 Å². The van der Waals surface area contributed by atoms with Gasteiger partial charge in [0.15, 0.2) is 0 Å². The molecule has 3 rings (SSSR count). The summed E-state index contributed by atoms with van der Waals surface area (Å²) in [6.07, 6.45) is 3.20. The van der Waals surface area contributed by atoms with Gasteiger partial charge in [0.05, 0.1) is 13.2 Å². The van der Waals surface area contributed by atoms with Crippen molar-refractivity contribution in [2.45, 2.75) is 53.1 Å². The highest BCUT2D eigenvalue weighted by Gasteiger charge is 2.46. The molecule has 2 aromatic rings. The quantitative estimate of drug-likeness (QED) is 0.581. The van der Waals surface area contributed by atoms with E-state index < -0.39 is 0 Å². The zero-order valence-corrected chi connectivity index (χ0v) is 16.9. The van der Waals surface area contributed by atoms with E-state index >= 15 is 0 Å². The van der Waals surface area contributed by atoms with Crippen LogP contribution in [0.3, 0.4) is 0 Å². The van der Waals surface area contributed by atoms with Crippen molar-refractivity contribution < 1.29 is 13.9 Å². The molecule has 0 heterocycles. The van der Waals surface area contributed by atoms with Gasteiger partial charge in [-0.25, -0.2) is 4.39 Å². The second kappa shape index (κ2) is 8.68. The molecule has 142 valence electrons. The third-order valence-electron chi connectivity index (χ3n) is 5.18. The summed E-state index contributed by atoms with van der Waals surface area (Å²) in [7, 11) is 3.35. The van der Waals surface area contributed by atoms with Crippen molar-refractivity contribution in [3.63, 3.8) is 0 Å². The van der Waals surface area contributed by atoms with Crippen molar-refractivity contribution in [2.24, 2.45) is 5.41 Å². The summed E-state index contributed by atoms with van der Waals surface area (Å²) in [5.41, 5.74) is 3.92. The summed E-state index contributed by atoms with van der Waals surface area (Å²) >= 11 is 0. The topological polar surface area (TPSA) is 18.5 Å². The number of benzene rings is 2. The first-order valence-corrected chi connectivity index (χ1v) is 9.52. The zero-order valence-electron chi connectivity index (χ0n) is 16.9. The molecule has 2 aromatic carbocycles. The maximum absolute atomic E-state index is 14.5. The van der Waals surface area contributed by atoms with Crippen molar-refractivity contribution in [1.82, 2.24) is 0 Å². The van der Waals surface area contributed by atoms with Crippen molar-refractivity contribution in [2.75, 3.05) is 14.2 Å². The summed E-state index contributed by atoms with van der Waals surface area (Å²) < 4.78 is 25.7. The van der Waals surface area contributed by atoms with E-state index in [1.165, 1.54) is 11.6 Å². The number of ether oxygens (including phenoxy) is 2. The Hall–Kier alpha value is -1.87. The molecule has 1 unspecified atom stereocenters. The minimum absolute atomic E-state index is 0.0235. The summed E-state index contributed by atoms with van der Waals surface area (Å²) in [6.45, 7) is 8.37. The highest BCUT2D eigenvalue weighted by atomic mass is 19.1. The Morgan fingerprint density at radius 1 is 1.04 bits per heavy atom. The first-order chi connectivity index (χ1) is 12.5. The second-order valence-corrected chi connectivity index (χ2v) is 6.89. The molecule has 1 aliphatic rings. The van der Waals surface area contributed by atoms with E-state index in [1.807, 2.05) is 19.9 Å². The Kier molecular flexibility index (Phi) is 6.82. The summed E-state index contributed by atoms with van der Waals surface area (Å²) in [4.78, 5) is 0. The Bertz CT molecular complexity index is 735. The number of aryl methyl sites for hydroxylation is 1. The SMILES string of the molecule is CC.CCc1ccc(-c2cc(OC)ccc2F)c(C(OC)C2(C)CC2)c1. The third kappa shape index (κ3) is 4.09. The molecule has 0 aliphatic heterocycles. The Morgan fingerprint density at radius 3 is 2.27 bits per heavy atom. The van der Waals surface area contributed by atoms with Gasteiger partial charge >= 0.3 is 0 Å². The minimum atomic E-state index is -0.239. The maximum Gasteiger partial charge on any atom is 0.131 e. The van der Waals surface area contributed by atoms with E-state index in [2.05, 4.69) is 26.0 Å². The van der Waals surface area contributed by atoms with Crippen LogP contribution in [-0.4, -0.2) is 14.2 Å². The molecule has 1 fully saturated rings. The van der Waals surface area contributed by atoms with Gasteiger partial charge in [0.1, 0.15) is 11.6 Å². The van der Waals surface area contributed by atoms with Crippen LogP contribution in [0.25, 0.3) is 11.1 Å². The van der Waals surface area contributed by atoms with Crippen LogP contribution in [0.15, 0.2) is 36.4 Å². The summed E-state index contributed by atoms with van der Waals surface area (Å²) in [5, 5.41) is 0. The van der Waals surface area contributed by atoms with Crippen molar-refractivity contribution in [3.8, 4) is 16.9 Å². The van der Waals surface area contributed by atoms with Gasteiger partial charge in [-0.2, -0.15) is 0 Å². The standard InChI is InChI=1S/C21H25FO2.C2H6/c1-5-14-6-8-16(17-13-15(23-3)7-9-19(17)22)18(12-14)20(24-4)21(2)10-11-21;1-2/h6-9,12-13,20H,5,10-11H2,1-4H3;1-2H3. The minimum Gasteiger partial charge on any atom is -0.497 e. The second-order valence-electron chi connectivity index (χ2n) is 6.89. The monoisotopic (exact) mass is 358 g/mol. The molecule has 3 heteroatoms. The van der Waals surface area contributed by atoms with Crippen LogP contribution in [0.2, 0.25) is 0 Å². The molecule has 0 bridgehead atoms. The van der Waals surface area contributed by atoms with Gasteiger partial charge < -0.3 is 9.47 Å². The van der Waals surface area contributed by atoms with Gasteiger partial charge in [0.2, 0.25) is 0 Å². The average Bonchev–Trinajstić information content (AvgIpc) is 3.42. The van der Waals surface area contributed by atoms with E-state index in [1.54, 1.807) is 26.4 Å². The normalized spacial score (nSPS) is 15.7. The number of hydrogen-bond acceptors (Lipinski definition) is 2.